The number of rotatable bonds is 7. The summed E-state index contributed by atoms with van der Waals surface area (Å²) in [7, 11) is 0. The molecule has 1 rings (SSSR count). The molecule has 4 nitrogen and oxygen atoms in total. The predicted octanol–water partition coefficient (Wildman–Crippen LogP) is 1.81. The zero-order valence-electron chi connectivity index (χ0n) is 8.37. The number of hydrogen-bond donors (Lipinski definition) is 1. The van der Waals surface area contributed by atoms with Crippen molar-refractivity contribution in [3.8, 4) is 0 Å². The van der Waals surface area contributed by atoms with Gasteiger partial charge in [-0.15, -0.1) is 0 Å². The number of nitrogens with one attached hydrogen (secondary N) is 1. The molecule has 0 aromatic carbocycles. The number of hydrogen-bond acceptors (Lipinski definition) is 3. The van der Waals surface area contributed by atoms with Gasteiger partial charge < -0.3 is 14.5 Å². The third kappa shape index (κ3) is 4.99. The lowest BCUT2D eigenvalue weighted by molar-refractivity contribution is 0.0917. The molecular weight excluding hydrogens is 262 g/mol. The maximum Gasteiger partial charge on any atom is 0.286 e. The van der Waals surface area contributed by atoms with Crippen LogP contribution in [0.3, 0.4) is 0 Å². The fraction of sp³-hybridized carbons (Fsp3) is 0.500. The highest BCUT2D eigenvalue weighted by Crippen LogP contribution is 1.98. The van der Waals surface area contributed by atoms with E-state index in [0.29, 0.717) is 25.5 Å². The van der Waals surface area contributed by atoms with Crippen molar-refractivity contribution in [3.63, 3.8) is 0 Å². The summed E-state index contributed by atoms with van der Waals surface area (Å²) in [5.41, 5.74) is 0. The van der Waals surface area contributed by atoms with Crippen molar-refractivity contribution in [2.24, 2.45) is 0 Å². The summed E-state index contributed by atoms with van der Waals surface area (Å²) in [6.45, 7) is 1.96. The molecule has 0 bridgehead atoms. The van der Waals surface area contributed by atoms with Crippen LogP contribution < -0.4 is 5.32 Å². The zero-order chi connectivity index (χ0) is 10.9. The average molecular weight is 276 g/mol. The first kappa shape index (κ1) is 12.3. The number of halogens is 1. The summed E-state index contributed by atoms with van der Waals surface area (Å²) in [6, 6.07) is 3.32. The van der Waals surface area contributed by atoms with E-state index in [9.17, 15) is 4.79 Å². The fourth-order valence-corrected chi connectivity index (χ4v) is 1.26. The lowest BCUT2D eigenvalue weighted by Crippen LogP contribution is -2.24. The Hall–Kier alpha value is -0.810. The van der Waals surface area contributed by atoms with Gasteiger partial charge in [0.05, 0.1) is 12.9 Å². The standard InChI is InChI=1S/C10H14BrNO3/c11-4-8-14-6-2-5-12-10(13)9-3-1-7-15-9/h1,3,7H,2,4-6,8H2,(H,12,13). The highest BCUT2D eigenvalue weighted by molar-refractivity contribution is 9.09. The third-order valence-electron chi connectivity index (χ3n) is 1.72. The molecule has 0 saturated carbocycles. The molecule has 84 valence electrons. The van der Waals surface area contributed by atoms with E-state index in [1.165, 1.54) is 6.26 Å². The molecule has 1 aromatic rings. The Balaban J connectivity index is 2.03. The largest absolute Gasteiger partial charge is 0.459 e. The summed E-state index contributed by atoms with van der Waals surface area (Å²) in [5, 5.41) is 3.58. The molecule has 0 aliphatic rings. The van der Waals surface area contributed by atoms with Crippen molar-refractivity contribution >= 4 is 21.8 Å². The highest BCUT2D eigenvalue weighted by atomic mass is 79.9. The third-order valence-corrected chi connectivity index (χ3v) is 2.04. The van der Waals surface area contributed by atoms with Crippen molar-refractivity contribution < 1.29 is 13.9 Å². The van der Waals surface area contributed by atoms with Crippen LogP contribution in [0.15, 0.2) is 22.8 Å². The first-order valence-electron chi connectivity index (χ1n) is 4.80. The normalized spacial score (nSPS) is 10.2. The summed E-state index contributed by atoms with van der Waals surface area (Å²) in [4.78, 5) is 11.3. The lowest BCUT2D eigenvalue weighted by Gasteiger charge is -2.03. The Morgan fingerprint density at radius 2 is 2.40 bits per heavy atom. The maximum absolute atomic E-state index is 11.3. The van der Waals surface area contributed by atoms with Crippen molar-refractivity contribution in [1.82, 2.24) is 5.32 Å². The van der Waals surface area contributed by atoms with E-state index >= 15 is 0 Å². The van der Waals surface area contributed by atoms with Crippen molar-refractivity contribution in [3.05, 3.63) is 24.2 Å². The van der Waals surface area contributed by atoms with Crippen LogP contribution in [0.2, 0.25) is 0 Å². The molecule has 15 heavy (non-hydrogen) atoms. The SMILES string of the molecule is O=C(NCCCOCCBr)c1ccco1. The molecule has 1 amide bonds. The van der Waals surface area contributed by atoms with E-state index in [2.05, 4.69) is 21.2 Å². The zero-order valence-corrected chi connectivity index (χ0v) is 9.96. The van der Waals surface area contributed by atoms with Gasteiger partial charge in [0.25, 0.3) is 5.91 Å². The van der Waals surface area contributed by atoms with Gasteiger partial charge in [0.2, 0.25) is 0 Å². The molecule has 0 radical (unpaired) electrons. The summed E-state index contributed by atoms with van der Waals surface area (Å²) >= 11 is 3.26. The van der Waals surface area contributed by atoms with E-state index in [4.69, 9.17) is 9.15 Å². The van der Waals surface area contributed by atoms with E-state index in [1.807, 2.05) is 0 Å². The minimum absolute atomic E-state index is 0.180. The van der Waals surface area contributed by atoms with Crippen LogP contribution in [0.4, 0.5) is 0 Å². The van der Waals surface area contributed by atoms with Gasteiger partial charge in [0.15, 0.2) is 5.76 Å². The number of furan rings is 1. The van der Waals surface area contributed by atoms with Gasteiger partial charge in [-0.2, -0.15) is 0 Å². The molecule has 0 unspecified atom stereocenters. The number of amides is 1. The van der Waals surface area contributed by atoms with Gasteiger partial charge in [0, 0.05) is 18.5 Å². The second-order valence-electron chi connectivity index (χ2n) is 2.89. The Morgan fingerprint density at radius 1 is 1.53 bits per heavy atom. The Kier molecular flexibility index (Phi) is 6.11. The van der Waals surface area contributed by atoms with Gasteiger partial charge in [-0.3, -0.25) is 4.79 Å². The van der Waals surface area contributed by atoms with Gasteiger partial charge in [-0.1, -0.05) is 15.9 Å². The number of ether oxygens (including phenoxy) is 1. The van der Waals surface area contributed by atoms with Crippen molar-refractivity contribution in [2.45, 2.75) is 6.42 Å². The van der Waals surface area contributed by atoms with Gasteiger partial charge in [-0.25, -0.2) is 0 Å². The Bertz CT molecular complexity index is 274. The van der Waals surface area contributed by atoms with Gasteiger partial charge in [0.1, 0.15) is 0 Å². The number of alkyl halides is 1. The minimum atomic E-state index is -0.180. The minimum Gasteiger partial charge on any atom is -0.459 e. The highest BCUT2D eigenvalue weighted by Gasteiger charge is 2.06. The molecule has 1 heterocycles. The van der Waals surface area contributed by atoms with Crippen molar-refractivity contribution in [1.29, 1.82) is 0 Å². The molecule has 0 atom stereocenters. The van der Waals surface area contributed by atoms with E-state index in [1.54, 1.807) is 12.1 Å². The molecule has 0 spiro atoms. The molecule has 0 saturated heterocycles. The summed E-state index contributed by atoms with van der Waals surface area (Å²) in [5.74, 6) is 0.164. The lowest BCUT2D eigenvalue weighted by atomic mass is 10.4. The monoisotopic (exact) mass is 275 g/mol. The van der Waals surface area contributed by atoms with Gasteiger partial charge in [-0.05, 0) is 18.6 Å². The van der Waals surface area contributed by atoms with Crippen LogP contribution in [0.1, 0.15) is 17.0 Å². The predicted molar refractivity (Wildman–Crippen MR) is 60.3 cm³/mol. The topological polar surface area (TPSA) is 51.5 Å². The first-order valence-corrected chi connectivity index (χ1v) is 5.92. The molecule has 1 aromatic heterocycles. The average Bonchev–Trinajstić information content (AvgIpc) is 2.76. The first-order chi connectivity index (χ1) is 7.34. The molecule has 1 N–H and O–H groups in total. The maximum atomic E-state index is 11.3. The van der Waals surface area contributed by atoms with E-state index in [-0.39, 0.29) is 5.91 Å². The summed E-state index contributed by atoms with van der Waals surface area (Å²) < 4.78 is 10.2. The molecule has 5 heteroatoms. The van der Waals surface area contributed by atoms with Crippen molar-refractivity contribution in [2.75, 3.05) is 25.1 Å². The molecular formula is C10H14BrNO3. The molecule has 0 aliphatic heterocycles. The molecule has 0 aliphatic carbocycles. The quantitative estimate of drug-likeness (QED) is 0.610. The number of carbonyl (C=O) groups is 1. The Labute approximate surface area is 97.1 Å². The second kappa shape index (κ2) is 7.48. The van der Waals surface area contributed by atoms with Crippen LogP contribution in [0, 0.1) is 0 Å². The molecule has 0 fully saturated rings. The van der Waals surface area contributed by atoms with Crippen LogP contribution in [0.5, 0.6) is 0 Å². The van der Waals surface area contributed by atoms with Crippen LogP contribution in [-0.4, -0.2) is 31.0 Å². The fourth-order valence-electron chi connectivity index (χ4n) is 1.03. The van der Waals surface area contributed by atoms with E-state index < -0.39 is 0 Å². The van der Waals surface area contributed by atoms with E-state index in [0.717, 1.165) is 11.8 Å². The number of carbonyl (C=O) groups excluding carboxylic acids is 1. The second-order valence-corrected chi connectivity index (χ2v) is 3.68. The van der Waals surface area contributed by atoms with Crippen LogP contribution in [0.25, 0.3) is 0 Å². The smallest absolute Gasteiger partial charge is 0.286 e. The van der Waals surface area contributed by atoms with Crippen LogP contribution in [-0.2, 0) is 4.74 Å². The van der Waals surface area contributed by atoms with Crippen LogP contribution >= 0.6 is 15.9 Å². The Morgan fingerprint density at radius 3 is 3.07 bits per heavy atom. The van der Waals surface area contributed by atoms with Gasteiger partial charge >= 0.3 is 0 Å². The summed E-state index contributed by atoms with van der Waals surface area (Å²) in [6.07, 6.45) is 2.29.